The molecule has 1 aliphatic carbocycles. The average molecular weight is 312 g/mol. The Labute approximate surface area is 131 Å². The molecule has 4 atom stereocenters. The number of carboxylic acid groups (broad SMARTS) is 1. The van der Waals surface area contributed by atoms with Gasteiger partial charge in [0, 0.05) is 18.9 Å². The van der Waals surface area contributed by atoms with Crippen LogP contribution in [0.2, 0.25) is 0 Å². The largest absolute Gasteiger partial charge is 0.481 e. The maximum absolute atomic E-state index is 11.5. The lowest BCUT2D eigenvalue weighted by molar-refractivity contribution is -0.143. The van der Waals surface area contributed by atoms with E-state index in [0.717, 1.165) is 19.3 Å². The van der Waals surface area contributed by atoms with Crippen LogP contribution in [0.3, 0.4) is 0 Å². The van der Waals surface area contributed by atoms with Gasteiger partial charge in [-0.15, -0.1) is 0 Å². The van der Waals surface area contributed by atoms with E-state index in [1.54, 1.807) is 0 Å². The van der Waals surface area contributed by atoms with Gasteiger partial charge in [0.05, 0.1) is 12.0 Å². The van der Waals surface area contributed by atoms with Gasteiger partial charge in [-0.05, 0) is 25.7 Å². The Morgan fingerprint density at radius 2 is 2.05 bits per heavy atom. The molecule has 7 nitrogen and oxygen atoms in total. The van der Waals surface area contributed by atoms with Crippen molar-refractivity contribution in [2.24, 2.45) is 28.3 Å². The topological polar surface area (TPSA) is 131 Å². The van der Waals surface area contributed by atoms with Crippen LogP contribution in [0.15, 0.2) is 4.99 Å². The van der Waals surface area contributed by atoms with Crippen molar-refractivity contribution in [3.63, 3.8) is 0 Å². The highest BCUT2D eigenvalue weighted by Gasteiger charge is 2.38. The number of hydrogen-bond acceptors (Lipinski definition) is 3. The lowest BCUT2D eigenvalue weighted by atomic mass is 9.73. The molecule has 126 valence electrons. The molecular weight excluding hydrogens is 284 g/mol. The molecule has 1 rings (SSSR count). The Hall–Kier alpha value is -1.79. The maximum Gasteiger partial charge on any atom is 0.306 e. The predicted molar refractivity (Wildman–Crippen MR) is 85.2 cm³/mol. The first kappa shape index (κ1) is 18.3. The van der Waals surface area contributed by atoms with E-state index in [2.05, 4.69) is 17.2 Å². The lowest BCUT2D eigenvalue weighted by Crippen LogP contribution is -2.47. The number of unbranched alkanes of at least 4 members (excludes halogenated alkanes) is 1. The summed E-state index contributed by atoms with van der Waals surface area (Å²) in [6.07, 6.45) is 4.47. The second kappa shape index (κ2) is 8.60. The van der Waals surface area contributed by atoms with Crippen molar-refractivity contribution in [1.82, 2.24) is 5.32 Å². The fraction of sp³-hybridized carbons (Fsp3) is 0.800. The first-order valence-electron chi connectivity index (χ1n) is 7.93. The van der Waals surface area contributed by atoms with E-state index in [1.165, 1.54) is 6.92 Å². The Balaban J connectivity index is 2.96. The summed E-state index contributed by atoms with van der Waals surface area (Å²) < 4.78 is 0. The fourth-order valence-electron chi connectivity index (χ4n) is 3.28. The predicted octanol–water partition coefficient (Wildman–Crippen LogP) is 0.824. The van der Waals surface area contributed by atoms with Gasteiger partial charge in [-0.1, -0.05) is 19.8 Å². The Morgan fingerprint density at radius 3 is 2.55 bits per heavy atom. The summed E-state index contributed by atoms with van der Waals surface area (Å²) >= 11 is 0. The van der Waals surface area contributed by atoms with Gasteiger partial charge in [-0.2, -0.15) is 0 Å². The minimum atomic E-state index is -0.787. The number of hydrogen-bond donors (Lipinski definition) is 4. The number of guanidine groups is 1. The third kappa shape index (κ3) is 5.54. The lowest BCUT2D eigenvalue weighted by Gasteiger charge is -2.38. The number of aliphatic imine (C=N–C) groups is 1. The molecule has 0 aromatic rings. The van der Waals surface area contributed by atoms with Gasteiger partial charge in [0.15, 0.2) is 5.96 Å². The number of carbonyl (C=O) groups excluding carboxylic acids is 1. The highest BCUT2D eigenvalue weighted by molar-refractivity contribution is 5.76. The number of nitrogens with zero attached hydrogens (tertiary/aromatic N) is 1. The summed E-state index contributed by atoms with van der Waals surface area (Å²) in [5, 5.41) is 12.3. The second-order valence-electron chi connectivity index (χ2n) is 6.08. The molecule has 0 aromatic carbocycles. The van der Waals surface area contributed by atoms with Crippen LogP contribution in [0.1, 0.15) is 52.4 Å². The number of nitrogens with two attached hydrogens (primary N) is 2. The van der Waals surface area contributed by atoms with Crippen molar-refractivity contribution < 1.29 is 14.7 Å². The monoisotopic (exact) mass is 312 g/mol. The second-order valence-corrected chi connectivity index (χ2v) is 6.08. The fourth-order valence-corrected chi connectivity index (χ4v) is 3.28. The SMILES string of the molecule is CCCC[C@H](NC(C)=O)[C@H]1CC(C(=O)O)CC[C@H]1N=C(N)N. The Kier molecular flexibility index (Phi) is 7.14. The van der Waals surface area contributed by atoms with E-state index in [9.17, 15) is 14.7 Å². The van der Waals surface area contributed by atoms with Crippen molar-refractivity contribution in [2.75, 3.05) is 0 Å². The molecule has 0 spiro atoms. The highest BCUT2D eigenvalue weighted by atomic mass is 16.4. The summed E-state index contributed by atoms with van der Waals surface area (Å²) in [5.74, 6) is -1.33. The third-order valence-electron chi connectivity index (χ3n) is 4.30. The first-order valence-corrected chi connectivity index (χ1v) is 7.93. The molecule has 22 heavy (non-hydrogen) atoms. The van der Waals surface area contributed by atoms with E-state index in [-0.39, 0.29) is 29.9 Å². The number of aliphatic carboxylic acids is 1. The van der Waals surface area contributed by atoms with Crippen molar-refractivity contribution in [3.05, 3.63) is 0 Å². The molecule has 7 heteroatoms. The van der Waals surface area contributed by atoms with E-state index in [0.29, 0.717) is 19.3 Å². The minimum absolute atomic E-state index is 0.0147. The number of amides is 1. The standard InChI is InChI=1S/C15H28N4O3/c1-3-4-5-12(18-9(2)20)11-8-10(14(21)22)6-7-13(11)19-15(16)17/h10-13H,3-8H2,1-2H3,(H,18,20)(H,21,22)(H4,16,17,19)/t10?,11-,12+,13-/m1/s1. The summed E-state index contributed by atoms with van der Waals surface area (Å²) in [6.45, 7) is 3.56. The molecule has 1 amide bonds. The van der Waals surface area contributed by atoms with Crippen LogP contribution < -0.4 is 16.8 Å². The van der Waals surface area contributed by atoms with E-state index in [1.807, 2.05) is 0 Å². The molecule has 1 fully saturated rings. The van der Waals surface area contributed by atoms with Crippen molar-refractivity contribution in [2.45, 2.75) is 64.5 Å². The van der Waals surface area contributed by atoms with Gasteiger partial charge in [-0.3, -0.25) is 9.59 Å². The van der Waals surface area contributed by atoms with E-state index in [4.69, 9.17) is 11.5 Å². The molecule has 0 aromatic heterocycles. The summed E-state index contributed by atoms with van der Waals surface area (Å²) in [7, 11) is 0. The third-order valence-corrected chi connectivity index (χ3v) is 4.30. The molecule has 1 unspecified atom stereocenters. The molecule has 6 N–H and O–H groups in total. The van der Waals surface area contributed by atoms with Crippen LogP contribution >= 0.6 is 0 Å². The molecular formula is C15H28N4O3. The number of rotatable bonds is 7. The molecule has 0 bridgehead atoms. The average Bonchev–Trinajstić information content (AvgIpc) is 2.42. The summed E-state index contributed by atoms with van der Waals surface area (Å²) in [5.41, 5.74) is 11.0. The zero-order valence-corrected chi connectivity index (χ0v) is 13.4. The first-order chi connectivity index (χ1) is 10.3. The van der Waals surface area contributed by atoms with Crippen LogP contribution in [0.5, 0.6) is 0 Å². The molecule has 1 aliphatic rings. The summed E-state index contributed by atoms with van der Waals surface area (Å²) in [6, 6.07) is -0.220. The van der Waals surface area contributed by atoms with Gasteiger partial charge in [0.2, 0.25) is 5.91 Å². The molecule has 0 aliphatic heterocycles. The normalized spacial score (nSPS) is 26.0. The number of nitrogens with one attached hydrogen (secondary N) is 1. The van der Waals surface area contributed by atoms with Crippen LogP contribution in [-0.2, 0) is 9.59 Å². The van der Waals surface area contributed by atoms with Crippen LogP contribution in [0.4, 0.5) is 0 Å². The van der Waals surface area contributed by atoms with Gasteiger partial charge < -0.3 is 21.9 Å². The van der Waals surface area contributed by atoms with Crippen molar-refractivity contribution >= 4 is 17.8 Å². The quantitative estimate of drug-likeness (QED) is 0.408. The molecule has 0 heterocycles. The molecule has 0 saturated heterocycles. The summed E-state index contributed by atoms with van der Waals surface area (Å²) in [4.78, 5) is 27.1. The smallest absolute Gasteiger partial charge is 0.306 e. The maximum atomic E-state index is 11.5. The molecule has 1 saturated carbocycles. The van der Waals surface area contributed by atoms with Gasteiger partial charge >= 0.3 is 5.97 Å². The van der Waals surface area contributed by atoms with Crippen molar-refractivity contribution in [3.8, 4) is 0 Å². The number of carbonyl (C=O) groups is 2. The van der Waals surface area contributed by atoms with Crippen LogP contribution in [0, 0.1) is 11.8 Å². The zero-order valence-electron chi connectivity index (χ0n) is 13.4. The van der Waals surface area contributed by atoms with Crippen LogP contribution in [-0.4, -0.2) is 35.0 Å². The van der Waals surface area contributed by atoms with Gasteiger partial charge in [0.25, 0.3) is 0 Å². The van der Waals surface area contributed by atoms with Crippen LogP contribution in [0.25, 0.3) is 0 Å². The Morgan fingerprint density at radius 1 is 1.36 bits per heavy atom. The zero-order chi connectivity index (χ0) is 16.7. The Bertz CT molecular complexity index is 421. The van der Waals surface area contributed by atoms with Gasteiger partial charge in [-0.25, -0.2) is 4.99 Å². The number of carboxylic acids is 1. The van der Waals surface area contributed by atoms with E-state index < -0.39 is 11.9 Å². The minimum Gasteiger partial charge on any atom is -0.481 e. The van der Waals surface area contributed by atoms with Crippen molar-refractivity contribution in [1.29, 1.82) is 0 Å². The van der Waals surface area contributed by atoms with E-state index >= 15 is 0 Å². The highest BCUT2D eigenvalue weighted by Crippen LogP contribution is 2.35. The molecule has 0 radical (unpaired) electrons. The van der Waals surface area contributed by atoms with Gasteiger partial charge in [0.1, 0.15) is 0 Å².